The topological polar surface area (TPSA) is 110 Å². The van der Waals surface area contributed by atoms with E-state index in [0.717, 1.165) is 0 Å². The maximum absolute atomic E-state index is 12.8. The van der Waals surface area contributed by atoms with E-state index in [4.69, 9.17) is 10.5 Å². The Morgan fingerprint density at radius 3 is 2.76 bits per heavy atom. The Morgan fingerprint density at radius 2 is 2.08 bits per heavy atom. The number of hydrogen-bond acceptors (Lipinski definition) is 5. The number of thiazole rings is 1. The average Bonchev–Trinajstić information content (AvgIpc) is 3.23. The second-order valence-electron chi connectivity index (χ2n) is 4.99. The van der Waals surface area contributed by atoms with Crippen LogP contribution in [0.15, 0.2) is 41.9 Å². The number of primary amides is 1. The molecule has 7 nitrogen and oxygen atoms in total. The summed E-state index contributed by atoms with van der Waals surface area (Å²) in [4.78, 5) is 30.0. The van der Waals surface area contributed by atoms with Crippen LogP contribution < -0.4 is 15.8 Å². The smallest absolute Gasteiger partial charge is 0.265 e. The highest BCUT2D eigenvalue weighted by atomic mass is 32.1. The number of rotatable bonds is 6. The lowest BCUT2D eigenvalue weighted by molar-refractivity contribution is -0.118. The van der Waals surface area contributed by atoms with Crippen LogP contribution in [0.5, 0.6) is 5.75 Å². The molecule has 0 saturated heterocycles. The summed E-state index contributed by atoms with van der Waals surface area (Å²) in [6.45, 7) is -0.226. The number of nitrogens with two attached hydrogens (primary N) is 1. The Balaban J connectivity index is 1.57. The van der Waals surface area contributed by atoms with E-state index in [2.05, 4.69) is 15.3 Å². The van der Waals surface area contributed by atoms with Crippen molar-refractivity contribution in [2.75, 3.05) is 11.9 Å². The maximum Gasteiger partial charge on any atom is 0.265 e. The minimum absolute atomic E-state index is 0.226. The molecule has 1 aromatic carbocycles. The van der Waals surface area contributed by atoms with Crippen LogP contribution in [0.3, 0.4) is 0 Å². The van der Waals surface area contributed by atoms with Gasteiger partial charge >= 0.3 is 0 Å². The van der Waals surface area contributed by atoms with Crippen LogP contribution in [-0.4, -0.2) is 28.4 Å². The predicted molar refractivity (Wildman–Crippen MR) is 90.9 cm³/mol. The summed E-state index contributed by atoms with van der Waals surface area (Å²) in [7, 11) is 0. The van der Waals surface area contributed by atoms with Crippen molar-refractivity contribution < 1.29 is 18.7 Å². The van der Waals surface area contributed by atoms with Crippen molar-refractivity contribution in [1.29, 1.82) is 0 Å². The van der Waals surface area contributed by atoms with E-state index in [1.807, 2.05) is 0 Å². The monoisotopic (exact) mass is 360 g/mol. The minimum atomic E-state index is -0.562. The second kappa shape index (κ2) is 7.14. The Bertz CT molecular complexity index is 904. The van der Waals surface area contributed by atoms with Gasteiger partial charge in [-0.15, -0.1) is 11.3 Å². The van der Waals surface area contributed by atoms with Gasteiger partial charge in [-0.1, -0.05) is 0 Å². The van der Waals surface area contributed by atoms with E-state index in [9.17, 15) is 14.0 Å². The first-order chi connectivity index (χ1) is 12.0. The lowest BCUT2D eigenvalue weighted by atomic mass is 10.2. The number of aromatic nitrogens is 2. The fourth-order valence-corrected chi connectivity index (χ4v) is 2.72. The molecule has 0 spiro atoms. The van der Waals surface area contributed by atoms with Crippen LogP contribution in [0.25, 0.3) is 11.3 Å². The molecule has 3 rings (SSSR count). The number of ether oxygens (including phenoxy) is 1. The average molecular weight is 360 g/mol. The van der Waals surface area contributed by atoms with Crippen molar-refractivity contribution >= 4 is 28.3 Å². The van der Waals surface area contributed by atoms with Gasteiger partial charge in [0.25, 0.3) is 11.8 Å². The van der Waals surface area contributed by atoms with Gasteiger partial charge < -0.3 is 15.5 Å². The normalized spacial score (nSPS) is 10.4. The largest absolute Gasteiger partial charge is 0.484 e. The number of amides is 2. The van der Waals surface area contributed by atoms with Gasteiger partial charge in [-0.05, 0) is 30.3 Å². The Labute approximate surface area is 145 Å². The van der Waals surface area contributed by atoms with Gasteiger partial charge in [-0.2, -0.15) is 0 Å². The van der Waals surface area contributed by atoms with Crippen LogP contribution in [0, 0.1) is 5.82 Å². The summed E-state index contributed by atoms with van der Waals surface area (Å²) in [5, 5.41) is 4.74. The predicted octanol–water partition coefficient (Wildman–Crippen LogP) is 2.39. The zero-order valence-electron chi connectivity index (χ0n) is 12.8. The molecule has 0 aliphatic heterocycles. The molecule has 0 aliphatic carbocycles. The number of nitrogens with one attached hydrogen (secondary N) is 2. The van der Waals surface area contributed by atoms with Gasteiger partial charge in [0, 0.05) is 17.1 Å². The van der Waals surface area contributed by atoms with Crippen LogP contribution >= 0.6 is 11.3 Å². The molecule has 25 heavy (non-hydrogen) atoms. The molecule has 0 unspecified atom stereocenters. The lowest BCUT2D eigenvalue weighted by Gasteiger charge is -2.05. The number of halogens is 1. The molecule has 0 saturated carbocycles. The van der Waals surface area contributed by atoms with E-state index in [-0.39, 0.29) is 18.1 Å². The molecule has 2 heterocycles. The number of anilines is 1. The van der Waals surface area contributed by atoms with Gasteiger partial charge in [-0.3, -0.25) is 14.9 Å². The summed E-state index contributed by atoms with van der Waals surface area (Å²) in [5.41, 5.74) is 6.75. The Morgan fingerprint density at radius 1 is 1.32 bits per heavy atom. The zero-order valence-corrected chi connectivity index (χ0v) is 13.6. The summed E-state index contributed by atoms with van der Waals surface area (Å²) >= 11 is 1.24. The molecule has 0 atom stereocenters. The third-order valence-electron chi connectivity index (χ3n) is 3.18. The molecule has 2 aromatic heterocycles. The van der Waals surface area contributed by atoms with E-state index in [1.54, 1.807) is 17.6 Å². The summed E-state index contributed by atoms with van der Waals surface area (Å²) in [6, 6.07) is 6.95. The highest BCUT2D eigenvalue weighted by molar-refractivity contribution is 7.14. The van der Waals surface area contributed by atoms with E-state index in [0.29, 0.717) is 22.1 Å². The first-order valence-electron chi connectivity index (χ1n) is 7.13. The molecule has 0 aliphatic rings. The molecule has 3 aromatic rings. The van der Waals surface area contributed by atoms with E-state index >= 15 is 0 Å². The van der Waals surface area contributed by atoms with Gasteiger partial charge in [0.1, 0.15) is 17.3 Å². The van der Waals surface area contributed by atoms with Crippen LogP contribution in [0.2, 0.25) is 0 Å². The number of carbonyl (C=O) groups excluding carboxylic acids is 2. The van der Waals surface area contributed by atoms with Crippen molar-refractivity contribution in [1.82, 2.24) is 9.97 Å². The minimum Gasteiger partial charge on any atom is -0.484 e. The number of H-pyrrole nitrogens is 1. The first-order valence-corrected chi connectivity index (χ1v) is 8.01. The molecule has 0 bridgehead atoms. The van der Waals surface area contributed by atoms with Gasteiger partial charge in [-0.25, -0.2) is 9.37 Å². The van der Waals surface area contributed by atoms with Crippen molar-refractivity contribution in [3.63, 3.8) is 0 Å². The quantitative estimate of drug-likeness (QED) is 0.627. The molecule has 0 fully saturated rings. The second-order valence-corrected chi connectivity index (χ2v) is 5.85. The molecule has 0 radical (unpaired) electrons. The third-order valence-corrected chi connectivity index (χ3v) is 3.94. The molecule has 128 valence electrons. The lowest BCUT2D eigenvalue weighted by Crippen LogP contribution is -2.20. The fourth-order valence-electron chi connectivity index (χ4n) is 1.98. The van der Waals surface area contributed by atoms with E-state index < -0.39 is 11.8 Å². The number of hydrogen-bond donors (Lipinski definition) is 3. The summed E-state index contributed by atoms with van der Waals surface area (Å²) in [5.74, 6) is -0.941. The van der Waals surface area contributed by atoms with Crippen LogP contribution in [0.4, 0.5) is 9.52 Å². The van der Waals surface area contributed by atoms with Crippen molar-refractivity contribution in [3.8, 4) is 17.0 Å². The molecular formula is C16H13FN4O3S. The molecule has 4 N–H and O–H groups in total. The van der Waals surface area contributed by atoms with Gasteiger partial charge in [0.2, 0.25) is 0 Å². The summed E-state index contributed by atoms with van der Waals surface area (Å²) in [6.07, 6.45) is 1.61. The summed E-state index contributed by atoms with van der Waals surface area (Å²) < 4.78 is 18.0. The molecule has 9 heteroatoms. The standard InChI is InChI=1S/C16H13FN4O3S/c17-10-1-3-11(4-2-10)24-7-14(22)21-16-20-13(8-25-16)9-5-12(15(18)23)19-6-9/h1-6,8,19H,7H2,(H2,18,23)(H,20,21,22). The van der Waals surface area contributed by atoms with Crippen molar-refractivity contribution in [2.24, 2.45) is 5.73 Å². The fraction of sp³-hybridized carbons (Fsp3) is 0.0625. The van der Waals surface area contributed by atoms with Gasteiger partial charge in [0.05, 0.1) is 5.69 Å². The van der Waals surface area contributed by atoms with Crippen molar-refractivity contribution in [3.05, 3.63) is 53.4 Å². The van der Waals surface area contributed by atoms with E-state index in [1.165, 1.54) is 35.6 Å². The molecular weight excluding hydrogens is 347 g/mol. The number of aromatic amines is 1. The number of benzene rings is 1. The highest BCUT2D eigenvalue weighted by Gasteiger charge is 2.11. The SMILES string of the molecule is NC(=O)c1cc(-c2csc(NC(=O)COc3ccc(F)cc3)n2)c[nH]1. The van der Waals surface area contributed by atoms with Gasteiger partial charge in [0.15, 0.2) is 11.7 Å². The molecule has 2 amide bonds. The van der Waals surface area contributed by atoms with Crippen molar-refractivity contribution in [2.45, 2.75) is 0 Å². The zero-order chi connectivity index (χ0) is 17.8. The Kier molecular flexibility index (Phi) is 4.75. The number of carbonyl (C=O) groups is 2. The van der Waals surface area contributed by atoms with Crippen LogP contribution in [-0.2, 0) is 4.79 Å². The number of nitrogens with zero attached hydrogens (tertiary/aromatic N) is 1. The highest BCUT2D eigenvalue weighted by Crippen LogP contribution is 2.25. The maximum atomic E-state index is 12.8. The third kappa shape index (κ3) is 4.21. The Hall–Kier alpha value is -3.20. The first kappa shape index (κ1) is 16.7. The van der Waals surface area contributed by atoms with Crippen LogP contribution in [0.1, 0.15) is 10.5 Å².